The SMILES string of the molecule is CSCCC(NC(=O)C=Cc1ccc(Cl)cc1)c1nnc2ccccn12. The molecule has 1 amide bonds. The topological polar surface area (TPSA) is 59.3 Å². The minimum absolute atomic E-state index is 0.168. The molecule has 0 aliphatic carbocycles. The molecule has 1 N–H and O–H groups in total. The van der Waals surface area contributed by atoms with E-state index < -0.39 is 0 Å². The van der Waals surface area contributed by atoms with Gasteiger partial charge in [-0.2, -0.15) is 11.8 Å². The molecule has 2 aromatic heterocycles. The summed E-state index contributed by atoms with van der Waals surface area (Å²) in [7, 11) is 0. The summed E-state index contributed by atoms with van der Waals surface area (Å²) in [4.78, 5) is 12.4. The molecule has 5 nitrogen and oxygen atoms in total. The molecule has 26 heavy (non-hydrogen) atoms. The van der Waals surface area contributed by atoms with Crippen molar-refractivity contribution in [1.82, 2.24) is 19.9 Å². The highest BCUT2D eigenvalue weighted by Crippen LogP contribution is 2.18. The lowest BCUT2D eigenvalue weighted by atomic mass is 10.2. The number of rotatable bonds is 7. The molecule has 0 radical (unpaired) electrons. The normalized spacial score (nSPS) is 12.5. The molecule has 1 aromatic carbocycles. The minimum Gasteiger partial charge on any atom is -0.342 e. The van der Waals surface area contributed by atoms with E-state index in [4.69, 9.17) is 11.6 Å². The number of hydrogen-bond acceptors (Lipinski definition) is 4. The third kappa shape index (κ3) is 4.65. The number of amides is 1. The summed E-state index contributed by atoms with van der Waals surface area (Å²) in [6.07, 6.45) is 8.02. The lowest BCUT2D eigenvalue weighted by Crippen LogP contribution is -2.29. The molecule has 1 unspecified atom stereocenters. The Morgan fingerprint density at radius 2 is 2.08 bits per heavy atom. The van der Waals surface area contributed by atoms with Gasteiger partial charge in [0.15, 0.2) is 11.5 Å². The van der Waals surface area contributed by atoms with E-state index in [0.29, 0.717) is 5.02 Å². The molecule has 3 rings (SSSR count). The van der Waals surface area contributed by atoms with Crippen LogP contribution in [0.3, 0.4) is 0 Å². The van der Waals surface area contributed by atoms with Gasteiger partial charge in [0.2, 0.25) is 5.91 Å². The van der Waals surface area contributed by atoms with Crippen molar-refractivity contribution in [1.29, 1.82) is 0 Å². The maximum Gasteiger partial charge on any atom is 0.244 e. The average Bonchev–Trinajstić information content (AvgIpc) is 3.09. The molecule has 0 saturated heterocycles. The summed E-state index contributed by atoms with van der Waals surface area (Å²) >= 11 is 7.61. The number of fused-ring (bicyclic) bond motifs is 1. The Bertz CT molecular complexity index is 907. The van der Waals surface area contributed by atoms with Gasteiger partial charge in [-0.1, -0.05) is 29.8 Å². The Kier molecular flexibility index (Phi) is 6.30. The zero-order valence-corrected chi connectivity index (χ0v) is 15.9. The first-order valence-corrected chi connectivity index (χ1v) is 9.97. The van der Waals surface area contributed by atoms with Gasteiger partial charge < -0.3 is 5.32 Å². The fraction of sp³-hybridized carbons (Fsp3) is 0.211. The molecule has 0 saturated carbocycles. The Labute approximate surface area is 161 Å². The molecule has 0 fully saturated rings. The number of pyridine rings is 1. The van der Waals surface area contributed by atoms with Crippen LogP contribution in [0.1, 0.15) is 23.9 Å². The van der Waals surface area contributed by atoms with E-state index in [2.05, 4.69) is 15.5 Å². The molecule has 0 bridgehead atoms. The van der Waals surface area contributed by atoms with Crippen LogP contribution in [-0.4, -0.2) is 32.5 Å². The number of halogens is 1. The smallest absolute Gasteiger partial charge is 0.244 e. The van der Waals surface area contributed by atoms with Gasteiger partial charge in [0.05, 0.1) is 6.04 Å². The van der Waals surface area contributed by atoms with Crippen LogP contribution in [0, 0.1) is 0 Å². The molecular weight excluding hydrogens is 368 g/mol. The standard InChI is InChI=1S/C19H19ClN4OS/c1-26-13-11-16(19-23-22-17-4-2-3-12-24(17)19)21-18(25)10-7-14-5-8-15(20)9-6-14/h2-10,12,16H,11,13H2,1H3,(H,21,25). The number of carbonyl (C=O) groups excluding carboxylic acids is 1. The molecule has 1 atom stereocenters. The molecule has 0 spiro atoms. The molecule has 134 valence electrons. The van der Waals surface area contributed by atoms with Crippen LogP contribution < -0.4 is 5.32 Å². The first kappa shape index (κ1) is 18.5. The molecule has 7 heteroatoms. The maximum atomic E-state index is 12.4. The zero-order chi connectivity index (χ0) is 18.4. The quantitative estimate of drug-likeness (QED) is 0.623. The van der Waals surface area contributed by atoms with Gasteiger partial charge in [0.1, 0.15) is 0 Å². The second-order valence-corrected chi connectivity index (χ2v) is 7.14. The summed E-state index contributed by atoms with van der Waals surface area (Å²) in [6.45, 7) is 0. The minimum atomic E-state index is -0.206. The average molecular weight is 387 g/mol. The van der Waals surface area contributed by atoms with Crippen molar-refractivity contribution in [3.8, 4) is 0 Å². The van der Waals surface area contributed by atoms with E-state index in [0.717, 1.165) is 29.2 Å². The van der Waals surface area contributed by atoms with Crippen molar-refractivity contribution >= 4 is 41.0 Å². The Balaban J connectivity index is 1.75. The van der Waals surface area contributed by atoms with Gasteiger partial charge in [0.25, 0.3) is 0 Å². The molecule has 2 heterocycles. The van der Waals surface area contributed by atoms with Crippen LogP contribution in [0.5, 0.6) is 0 Å². The number of nitrogens with zero attached hydrogens (tertiary/aromatic N) is 3. The summed E-state index contributed by atoms with van der Waals surface area (Å²) in [5.41, 5.74) is 1.68. The Hall–Kier alpha value is -2.31. The third-order valence-corrected chi connectivity index (χ3v) is 4.77. The van der Waals surface area contributed by atoms with Crippen LogP contribution in [0.2, 0.25) is 5.02 Å². The van der Waals surface area contributed by atoms with Crippen molar-refractivity contribution in [3.63, 3.8) is 0 Å². The first-order valence-electron chi connectivity index (χ1n) is 8.20. The molecule has 3 aromatic rings. The van der Waals surface area contributed by atoms with Gasteiger partial charge in [0, 0.05) is 17.3 Å². The number of carbonyl (C=O) groups is 1. The van der Waals surface area contributed by atoms with Gasteiger partial charge in [-0.15, -0.1) is 10.2 Å². The largest absolute Gasteiger partial charge is 0.342 e. The lowest BCUT2D eigenvalue weighted by molar-refractivity contribution is -0.117. The van der Waals surface area contributed by atoms with Gasteiger partial charge in [-0.05, 0) is 54.3 Å². The van der Waals surface area contributed by atoms with Crippen molar-refractivity contribution in [2.24, 2.45) is 0 Å². The lowest BCUT2D eigenvalue weighted by Gasteiger charge is -2.15. The van der Waals surface area contributed by atoms with Crippen LogP contribution in [0.4, 0.5) is 0 Å². The van der Waals surface area contributed by atoms with E-state index in [-0.39, 0.29) is 11.9 Å². The Morgan fingerprint density at radius 1 is 1.27 bits per heavy atom. The Morgan fingerprint density at radius 3 is 2.85 bits per heavy atom. The van der Waals surface area contributed by atoms with E-state index in [1.165, 1.54) is 6.08 Å². The number of nitrogens with one attached hydrogen (secondary N) is 1. The number of hydrogen-bond donors (Lipinski definition) is 1. The van der Waals surface area contributed by atoms with Crippen molar-refractivity contribution in [2.75, 3.05) is 12.0 Å². The highest BCUT2D eigenvalue weighted by atomic mass is 35.5. The summed E-state index contributed by atoms with van der Waals surface area (Å²) in [5.74, 6) is 1.48. The number of benzene rings is 1. The second-order valence-electron chi connectivity index (χ2n) is 5.71. The monoisotopic (exact) mass is 386 g/mol. The number of aromatic nitrogens is 3. The first-order chi connectivity index (χ1) is 12.7. The van der Waals surface area contributed by atoms with E-state index in [1.807, 2.05) is 47.2 Å². The van der Waals surface area contributed by atoms with Gasteiger partial charge in [-0.3, -0.25) is 9.20 Å². The van der Waals surface area contributed by atoms with Crippen molar-refractivity contribution in [3.05, 3.63) is 71.1 Å². The summed E-state index contributed by atoms with van der Waals surface area (Å²) in [6, 6.07) is 12.8. The maximum absolute atomic E-state index is 12.4. The van der Waals surface area contributed by atoms with E-state index in [1.54, 1.807) is 30.0 Å². The van der Waals surface area contributed by atoms with Crippen LogP contribution in [0.25, 0.3) is 11.7 Å². The highest BCUT2D eigenvalue weighted by molar-refractivity contribution is 7.98. The highest BCUT2D eigenvalue weighted by Gasteiger charge is 2.19. The summed E-state index contributed by atoms with van der Waals surface area (Å²) in [5, 5.41) is 12.2. The molecule has 0 aliphatic rings. The van der Waals surface area contributed by atoms with Crippen LogP contribution in [-0.2, 0) is 4.79 Å². The second kappa shape index (κ2) is 8.87. The predicted molar refractivity (Wildman–Crippen MR) is 107 cm³/mol. The number of thioether (sulfide) groups is 1. The van der Waals surface area contributed by atoms with E-state index >= 15 is 0 Å². The molecular formula is C19H19ClN4OS. The van der Waals surface area contributed by atoms with Crippen molar-refractivity contribution < 1.29 is 4.79 Å². The van der Waals surface area contributed by atoms with Crippen molar-refractivity contribution in [2.45, 2.75) is 12.5 Å². The fourth-order valence-corrected chi connectivity index (χ4v) is 3.16. The van der Waals surface area contributed by atoms with Gasteiger partial charge in [-0.25, -0.2) is 0 Å². The molecule has 0 aliphatic heterocycles. The zero-order valence-electron chi connectivity index (χ0n) is 14.3. The fourth-order valence-electron chi connectivity index (χ4n) is 2.56. The predicted octanol–water partition coefficient (Wildman–Crippen LogP) is 4.01. The van der Waals surface area contributed by atoms with Gasteiger partial charge >= 0.3 is 0 Å². The summed E-state index contributed by atoms with van der Waals surface area (Å²) < 4.78 is 1.91. The van der Waals surface area contributed by atoms with E-state index in [9.17, 15) is 4.79 Å². The van der Waals surface area contributed by atoms with Crippen LogP contribution in [0.15, 0.2) is 54.7 Å². The van der Waals surface area contributed by atoms with Crippen LogP contribution >= 0.6 is 23.4 Å². The third-order valence-electron chi connectivity index (χ3n) is 3.88.